The SMILES string of the molecule is CC1CCCC(C(C)CC(C)(C)C)C1. The lowest BCUT2D eigenvalue weighted by molar-refractivity contribution is 0.169. The molecule has 0 aromatic carbocycles. The molecule has 84 valence electrons. The standard InChI is InChI=1S/C14H28/c1-11-7-6-8-13(9-11)12(2)10-14(3,4)5/h11-13H,6-10H2,1-5H3. The molecule has 0 aliphatic heterocycles. The molecule has 0 heteroatoms. The van der Waals surface area contributed by atoms with Crippen molar-refractivity contribution in [3.05, 3.63) is 0 Å². The van der Waals surface area contributed by atoms with Gasteiger partial charge in [0.25, 0.3) is 0 Å². The third kappa shape index (κ3) is 4.02. The minimum absolute atomic E-state index is 0.514. The van der Waals surface area contributed by atoms with Gasteiger partial charge in [0.15, 0.2) is 0 Å². The molecule has 1 rings (SSSR count). The van der Waals surface area contributed by atoms with Gasteiger partial charge in [-0.2, -0.15) is 0 Å². The van der Waals surface area contributed by atoms with Crippen molar-refractivity contribution in [3.63, 3.8) is 0 Å². The molecule has 0 heterocycles. The average molecular weight is 196 g/mol. The molecule has 0 radical (unpaired) electrons. The molecule has 1 aliphatic rings. The van der Waals surface area contributed by atoms with Gasteiger partial charge in [0, 0.05) is 0 Å². The minimum Gasteiger partial charge on any atom is -0.0625 e. The zero-order valence-corrected chi connectivity index (χ0v) is 10.8. The highest BCUT2D eigenvalue weighted by atomic mass is 14.3. The first kappa shape index (κ1) is 12.1. The van der Waals surface area contributed by atoms with Crippen molar-refractivity contribution in [1.82, 2.24) is 0 Å². The fourth-order valence-electron chi connectivity index (χ4n) is 3.13. The van der Waals surface area contributed by atoms with Crippen LogP contribution in [-0.4, -0.2) is 0 Å². The largest absolute Gasteiger partial charge is 0.0625 e. The lowest BCUT2D eigenvalue weighted by atomic mass is 9.71. The van der Waals surface area contributed by atoms with E-state index in [-0.39, 0.29) is 0 Å². The first-order valence-electron chi connectivity index (χ1n) is 6.38. The van der Waals surface area contributed by atoms with Crippen molar-refractivity contribution in [1.29, 1.82) is 0 Å². The molecule has 0 spiro atoms. The fourth-order valence-corrected chi connectivity index (χ4v) is 3.13. The van der Waals surface area contributed by atoms with E-state index in [0.29, 0.717) is 5.41 Å². The summed E-state index contributed by atoms with van der Waals surface area (Å²) in [4.78, 5) is 0. The Hall–Kier alpha value is 0. The highest BCUT2D eigenvalue weighted by Gasteiger charge is 2.26. The highest BCUT2D eigenvalue weighted by Crippen LogP contribution is 2.38. The van der Waals surface area contributed by atoms with E-state index in [1.54, 1.807) is 0 Å². The van der Waals surface area contributed by atoms with E-state index in [2.05, 4.69) is 34.6 Å². The third-order valence-electron chi connectivity index (χ3n) is 3.72. The molecule has 0 aromatic rings. The molecule has 0 saturated heterocycles. The summed E-state index contributed by atoms with van der Waals surface area (Å²) in [6, 6.07) is 0. The zero-order valence-electron chi connectivity index (χ0n) is 10.8. The van der Waals surface area contributed by atoms with Crippen LogP contribution in [0.4, 0.5) is 0 Å². The number of hydrogen-bond acceptors (Lipinski definition) is 0. The molecule has 1 fully saturated rings. The summed E-state index contributed by atoms with van der Waals surface area (Å²) in [6.45, 7) is 12.0. The fraction of sp³-hybridized carbons (Fsp3) is 1.00. The Labute approximate surface area is 90.5 Å². The maximum atomic E-state index is 2.47. The normalized spacial score (nSPS) is 31.5. The van der Waals surface area contributed by atoms with Crippen molar-refractivity contribution in [2.24, 2.45) is 23.2 Å². The monoisotopic (exact) mass is 196 g/mol. The summed E-state index contributed by atoms with van der Waals surface area (Å²) in [5, 5.41) is 0. The van der Waals surface area contributed by atoms with Crippen LogP contribution in [0.2, 0.25) is 0 Å². The summed E-state index contributed by atoms with van der Waals surface area (Å²) in [7, 11) is 0. The van der Waals surface area contributed by atoms with E-state index in [1.807, 2.05) is 0 Å². The minimum atomic E-state index is 0.514. The van der Waals surface area contributed by atoms with E-state index in [4.69, 9.17) is 0 Å². The van der Waals surface area contributed by atoms with Gasteiger partial charge in [0.1, 0.15) is 0 Å². The van der Waals surface area contributed by atoms with Crippen LogP contribution in [0, 0.1) is 23.2 Å². The zero-order chi connectivity index (χ0) is 10.8. The molecule has 0 amide bonds. The predicted octanol–water partition coefficient (Wildman–Crippen LogP) is 4.89. The van der Waals surface area contributed by atoms with Crippen molar-refractivity contribution >= 4 is 0 Å². The molecule has 3 atom stereocenters. The van der Waals surface area contributed by atoms with Crippen LogP contribution in [0.5, 0.6) is 0 Å². The van der Waals surface area contributed by atoms with Crippen LogP contribution in [0.1, 0.15) is 66.7 Å². The van der Waals surface area contributed by atoms with Crippen LogP contribution in [0.25, 0.3) is 0 Å². The summed E-state index contributed by atoms with van der Waals surface area (Å²) in [5.41, 5.74) is 0.514. The molecule has 1 saturated carbocycles. The maximum Gasteiger partial charge on any atom is -0.0380 e. The van der Waals surface area contributed by atoms with Crippen LogP contribution in [0.15, 0.2) is 0 Å². The van der Waals surface area contributed by atoms with Crippen molar-refractivity contribution in [2.45, 2.75) is 66.7 Å². The van der Waals surface area contributed by atoms with Gasteiger partial charge in [0.05, 0.1) is 0 Å². The summed E-state index contributed by atoms with van der Waals surface area (Å²) >= 11 is 0. The molecule has 0 nitrogen and oxygen atoms in total. The predicted molar refractivity (Wildman–Crippen MR) is 64.4 cm³/mol. The lowest BCUT2D eigenvalue weighted by Gasteiger charge is -2.34. The van der Waals surface area contributed by atoms with Crippen LogP contribution in [-0.2, 0) is 0 Å². The van der Waals surface area contributed by atoms with Gasteiger partial charge in [-0.25, -0.2) is 0 Å². The second-order valence-corrected chi connectivity index (χ2v) is 6.77. The topological polar surface area (TPSA) is 0 Å². The highest BCUT2D eigenvalue weighted by molar-refractivity contribution is 4.77. The second-order valence-electron chi connectivity index (χ2n) is 6.77. The number of rotatable bonds is 2. The lowest BCUT2D eigenvalue weighted by Crippen LogP contribution is -2.23. The van der Waals surface area contributed by atoms with Gasteiger partial charge >= 0.3 is 0 Å². The van der Waals surface area contributed by atoms with Gasteiger partial charge in [-0.15, -0.1) is 0 Å². The van der Waals surface area contributed by atoms with Gasteiger partial charge in [0.2, 0.25) is 0 Å². The van der Waals surface area contributed by atoms with Crippen molar-refractivity contribution < 1.29 is 0 Å². The summed E-state index contributed by atoms with van der Waals surface area (Å²) < 4.78 is 0. The molecule has 0 N–H and O–H groups in total. The molecule has 0 bridgehead atoms. The third-order valence-corrected chi connectivity index (χ3v) is 3.72. The Morgan fingerprint density at radius 1 is 1.21 bits per heavy atom. The average Bonchev–Trinajstić information content (AvgIpc) is 2.01. The molecule has 3 unspecified atom stereocenters. The Kier molecular flexibility index (Phi) is 4.04. The Morgan fingerprint density at radius 2 is 1.86 bits per heavy atom. The first-order chi connectivity index (χ1) is 6.38. The summed E-state index contributed by atoms with van der Waals surface area (Å²) in [6.07, 6.45) is 7.31. The molecular formula is C14H28. The van der Waals surface area contributed by atoms with E-state index < -0.39 is 0 Å². The van der Waals surface area contributed by atoms with E-state index >= 15 is 0 Å². The van der Waals surface area contributed by atoms with Crippen molar-refractivity contribution in [3.8, 4) is 0 Å². The molecule has 1 aliphatic carbocycles. The quantitative estimate of drug-likeness (QED) is 0.590. The van der Waals surface area contributed by atoms with Gasteiger partial charge in [-0.1, -0.05) is 53.9 Å². The maximum absolute atomic E-state index is 2.47. The van der Waals surface area contributed by atoms with E-state index in [1.165, 1.54) is 32.1 Å². The van der Waals surface area contributed by atoms with Crippen LogP contribution < -0.4 is 0 Å². The van der Waals surface area contributed by atoms with E-state index in [9.17, 15) is 0 Å². The molecule has 0 aromatic heterocycles. The molecule has 14 heavy (non-hydrogen) atoms. The van der Waals surface area contributed by atoms with Crippen molar-refractivity contribution in [2.75, 3.05) is 0 Å². The van der Waals surface area contributed by atoms with Crippen LogP contribution in [0.3, 0.4) is 0 Å². The Bertz CT molecular complexity index is 163. The van der Waals surface area contributed by atoms with Gasteiger partial charge < -0.3 is 0 Å². The van der Waals surface area contributed by atoms with Crippen LogP contribution >= 0.6 is 0 Å². The van der Waals surface area contributed by atoms with E-state index in [0.717, 1.165) is 17.8 Å². The van der Waals surface area contributed by atoms with Gasteiger partial charge in [-0.05, 0) is 36.0 Å². The second kappa shape index (κ2) is 4.68. The molecular weight excluding hydrogens is 168 g/mol. The van der Waals surface area contributed by atoms with Gasteiger partial charge in [-0.3, -0.25) is 0 Å². The number of hydrogen-bond donors (Lipinski definition) is 0. The Morgan fingerprint density at radius 3 is 2.36 bits per heavy atom. The summed E-state index contributed by atoms with van der Waals surface area (Å²) in [5.74, 6) is 2.92. The smallest absolute Gasteiger partial charge is 0.0380 e. The first-order valence-corrected chi connectivity index (χ1v) is 6.38. The Balaban J connectivity index is 2.39.